The molecule has 1 aliphatic rings. The van der Waals surface area contributed by atoms with Gasteiger partial charge in [0.2, 0.25) is 5.91 Å². The van der Waals surface area contributed by atoms with Gasteiger partial charge < -0.3 is 15.0 Å². The molecule has 0 radical (unpaired) electrons. The lowest BCUT2D eigenvalue weighted by molar-refractivity contribution is -0.120. The van der Waals surface area contributed by atoms with Crippen LogP contribution in [0.4, 0.5) is 0 Å². The van der Waals surface area contributed by atoms with Crippen LogP contribution in [0.5, 0.6) is 5.75 Å². The summed E-state index contributed by atoms with van der Waals surface area (Å²) in [5, 5.41) is 2.97. The molecular weight excluding hydrogens is 316 g/mol. The highest BCUT2D eigenvalue weighted by atomic mass is 16.5. The molecule has 5 heteroatoms. The highest BCUT2D eigenvalue weighted by molar-refractivity contribution is 5.94. The molecular formula is C20H30N2O3. The number of ether oxygens (including phenoxy) is 1. The largest absolute Gasteiger partial charge is 0.496 e. The molecule has 1 N–H and O–H groups in total. The fourth-order valence-corrected chi connectivity index (χ4v) is 3.19. The van der Waals surface area contributed by atoms with Crippen LogP contribution in [0.1, 0.15) is 49.0 Å². The van der Waals surface area contributed by atoms with Gasteiger partial charge in [0.25, 0.3) is 0 Å². The summed E-state index contributed by atoms with van der Waals surface area (Å²) in [6, 6.07) is 5.22. The number of hydrogen-bond acceptors (Lipinski definition) is 4. The minimum atomic E-state index is -0.0359. The molecule has 0 bridgehead atoms. The molecule has 1 amide bonds. The first kappa shape index (κ1) is 19.4. The second-order valence-electron chi connectivity index (χ2n) is 6.99. The van der Waals surface area contributed by atoms with E-state index in [-0.39, 0.29) is 18.1 Å². The van der Waals surface area contributed by atoms with Gasteiger partial charge in [0.1, 0.15) is 5.75 Å². The van der Waals surface area contributed by atoms with E-state index < -0.39 is 0 Å². The van der Waals surface area contributed by atoms with Crippen molar-refractivity contribution in [2.45, 2.75) is 39.5 Å². The maximum Gasteiger partial charge on any atom is 0.224 e. The Morgan fingerprint density at radius 3 is 2.64 bits per heavy atom. The van der Waals surface area contributed by atoms with Crippen LogP contribution >= 0.6 is 0 Å². The van der Waals surface area contributed by atoms with Crippen LogP contribution < -0.4 is 10.1 Å². The van der Waals surface area contributed by atoms with E-state index in [1.165, 1.54) is 32.9 Å². The van der Waals surface area contributed by atoms with E-state index in [0.29, 0.717) is 17.9 Å². The summed E-state index contributed by atoms with van der Waals surface area (Å²) in [6.45, 7) is 7.89. The van der Waals surface area contributed by atoms with Crippen molar-refractivity contribution in [2.75, 3.05) is 33.3 Å². The summed E-state index contributed by atoms with van der Waals surface area (Å²) in [5.41, 5.74) is 1.35. The van der Waals surface area contributed by atoms with Gasteiger partial charge in [-0.25, -0.2) is 0 Å². The Hall–Kier alpha value is -1.88. The van der Waals surface area contributed by atoms with Crippen molar-refractivity contribution in [1.82, 2.24) is 10.2 Å². The Balaban J connectivity index is 1.76. The molecule has 138 valence electrons. The van der Waals surface area contributed by atoms with E-state index in [1.807, 2.05) is 0 Å². The minimum absolute atomic E-state index is 0.0137. The van der Waals surface area contributed by atoms with Crippen LogP contribution in [0.25, 0.3) is 0 Å². The predicted octanol–water partition coefficient (Wildman–Crippen LogP) is 2.68. The number of benzene rings is 1. The van der Waals surface area contributed by atoms with Gasteiger partial charge in [-0.3, -0.25) is 9.59 Å². The zero-order chi connectivity index (χ0) is 18.2. The summed E-state index contributed by atoms with van der Waals surface area (Å²) in [4.78, 5) is 26.2. The lowest BCUT2D eigenvalue weighted by Gasteiger charge is -2.30. The van der Waals surface area contributed by atoms with Crippen LogP contribution in [0.2, 0.25) is 0 Å². The van der Waals surface area contributed by atoms with Gasteiger partial charge in [-0.15, -0.1) is 0 Å². The fourth-order valence-electron chi connectivity index (χ4n) is 3.19. The first-order chi connectivity index (χ1) is 12.0. The third kappa shape index (κ3) is 6.16. The summed E-state index contributed by atoms with van der Waals surface area (Å²) >= 11 is 0. The van der Waals surface area contributed by atoms with Crippen LogP contribution in [0.3, 0.4) is 0 Å². The molecule has 0 aliphatic carbocycles. The Morgan fingerprint density at radius 2 is 2.00 bits per heavy atom. The standard InChI is InChI=1S/C20H30N2O3/c1-15-7-11-22(12-8-15)10-4-9-21-20(24)14-18-13-17(16(2)23)5-6-19(18)25-3/h5-6,13,15H,4,7-12,14H2,1-3H3,(H,21,24). The van der Waals surface area contributed by atoms with Crippen LogP contribution in [0.15, 0.2) is 18.2 Å². The molecule has 1 saturated heterocycles. The second kappa shape index (κ2) is 9.56. The lowest BCUT2D eigenvalue weighted by atomic mass is 9.99. The summed E-state index contributed by atoms with van der Waals surface area (Å²) in [5.74, 6) is 1.44. The van der Waals surface area contributed by atoms with Gasteiger partial charge in [0.05, 0.1) is 13.5 Å². The number of methoxy groups -OCH3 is 1. The maximum absolute atomic E-state index is 12.2. The van der Waals surface area contributed by atoms with E-state index >= 15 is 0 Å². The van der Waals surface area contributed by atoms with E-state index in [9.17, 15) is 9.59 Å². The third-order valence-electron chi connectivity index (χ3n) is 4.89. The molecule has 25 heavy (non-hydrogen) atoms. The average Bonchev–Trinajstić information content (AvgIpc) is 2.60. The van der Waals surface area contributed by atoms with Gasteiger partial charge in [0.15, 0.2) is 5.78 Å². The predicted molar refractivity (Wildman–Crippen MR) is 99.2 cm³/mol. The number of piperidine rings is 1. The molecule has 0 saturated carbocycles. The van der Waals surface area contributed by atoms with Crippen molar-refractivity contribution in [3.05, 3.63) is 29.3 Å². The molecule has 1 aromatic carbocycles. The Morgan fingerprint density at radius 1 is 1.28 bits per heavy atom. The zero-order valence-electron chi connectivity index (χ0n) is 15.6. The smallest absolute Gasteiger partial charge is 0.224 e. The summed E-state index contributed by atoms with van der Waals surface area (Å²) in [7, 11) is 1.57. The molecule has 5 nitrogen and oxygen atoms in total. The van der Waals surface area contributed by atoms with Crippen molar-refractivity contribution in [1.29, 1.82) is 0 Å². The highest BCUT2D eigenvalue weighted by Gasteiger charge is 2.15. The maximum atomic E-state index is 12.2. The average molecular weight is 346 g/mol. The number of nitrogens with zero attached hydrogens (tertiary/aromatic N) is 1. The quantitative estimate of drug-likeness (QED) is 0.581. The number of carbonyl (C=O) groups is 2. The number of ketones is 1. The van der Waals surface area contributed by atoms with Gasteiger partial charge >= 0.3 is 0 Å². The Bertz CT molecular complexity index is 593. The van der Waals surface area contributed by atoms with E-state index in [0.717, 1.165) is 24.4 Å². The lowest BCUT2D eigenvalue weighted by Crippen LogP contribution is -2.35. The molecule has 1 heterocycles. The second-order valence-corrected chi connectivity index (χ2v) is 6.99. The fraction of sp³-hybridized carbons (Fsp3) is 0.600. The normalized spacial score (nSPS) is 15.8. The molecule has 0 aromatic heterocycles. The highest BCUT2D eigenvalue weighted by Crippen LogP contribution is 2.21. The first-order valence-corrected chi connectivity index (χ1v) is 9.16. The number of amides is 1. The van der Waals surface area contributed by atoms with Gasteiger partial charge in [-0.1, -0.05) is 6.92 Å². The number of likely N-dealkylation sites (tertiary alicyclic amines) is 1. The first-order valence-electron chi connectivity index (χ1n) is 9.16. The molecule has 0 spiro atoms. The van der Waals surface area contributed by atoms with Crippen molar-refractivity contribution < 1.29 is 14.3 Å². The van der Waals surface area contributed by atoms with Crippen molar-refractivity contribution >= 4 is 11.7 Å². The van der Waals surface area contributed by atoms with Gasteiger partial charge in [-0.05, 0) is 69.9 Å². The minimum Gasteiger partial charge on any atom is -0.496 e. The number of hydrogen-bond donors (Lipinski definition) is 1. The number of nitrogens with one attached hydrogen (secondary N) is 1. The van der Waals surface area contributed by atoms with E-state index in [2.05, 4.69) is 17.1 Å². The van der Waals surface area contributed by atoms with E-state index in [1.54, 1.807) is 25.3 Å². The topological polar surface area (TPSA) is 58.6 Å². The molecule has 2 rings (SSSR count). The van der Waals surface area contributed by atoms with Crippen LogP contribution in [-0.4, -0.2) is 49.9 Å². The number of rotatable bonds is 8. The van der Waals surface area contributed by atoms with E-state index in [4.69, 9.17) is 4.74 Å². The summed E-state index contributed by atoms with van der Waals surface area (Å²) in [6.07, 6.45) is 3.74. The van der Waals surface area contributed by atoms with Crippen LogP contribution in [-0.2, 0) is 11.2 Å². The van der Waals surface area contributed by atoms with Gasteiger partial charge in [-0.2, -0.15) is 0 Å². The summed E-state index contributed by atoms with van der Waals surface area (Å²) < 4.78 is 5.30. The zero-order valence-corrected chi connectivity index (χ0v) is 15.6. The van der Waals surface area contributed by atoms with Crippen LogP contribution in [0, 0.1) is 5.92 Å². The Labute approximate surface area is 150 Å². The molecule has 1 fully saturated rings. The van der Waals surface area contributed by atoms with Gasteiger partial charge in [0, 0.05) is 17.7 Å². The third-order valence-corrected chi connectivity index (χ3v) is 4.89. The molecule has 1 aromatic rings. The molecule has 0 unspecified atom stereocenters. The number of carbonyl (C=O) groups excluding carboxylic acids is 2. The van der Waals surface area contributed by atoms with Crippen molar-refractivity contribution in [2.24, 2.45) is 5.92 Å². The number of Topliss-reactive ketones (excluding diaryl/α,β-unsaturated/α-hetero) is 1. The Kier molecular flexibility index (Phi) is 7.44. The molecule has 1 aliphatic heterocycles. The monoisotopic (exact) mass is 346 g/mol. The van der Waals surface area contributed by atoms with Crippen molar-refractivity contribution in [3.63, 3.8) is 0 Å². The van der Waals surface area contributed by atoms with Crippen molar-refractivity contribution in [3.8, 4) is 5.75 Å². The molecule has 0 atom stereocenters. The SMILES string of the molecule is COc1ccc(C(C)=O)cc1CC(=O)NCCCN1CCC(C)CC1.